The molecule has 23 heavy (non-hydrogen) atoms. The van der Waals surface area contributed by atoms with Crippen molar-refractivity contribution in [2.24, 2.45) is 0 Å². The lowest BCUT2D eigenvalue weighted by Gasteiger charge is -2.11. The van der Waals surface area contributed by atoms with Crippen molar-refractivity contribution >= 4 is 5.71 Å². The van der Waals surface area contributed by atoms with Crippen molar-refractivity contribution in [1.29, 1.82) is 5.41 Å². The van der Waals surface area contributed by atoms with E-state index in [4.69, 9.17) is 11.8 Å². The molecule has 2 rings (SSSR count). The zero-order chi connectivity index (χ0) is 16.8. The van der Waals surface area contributed by atoms with E-state index in [9.17, 15) is 0 Å². The molecule has 0 amide bonds. The lowest BCUT2D eigenvalue weighted by Crippen LogP contribution is -2.00. The van der Waals surface area contributed by atoms with Gasteiger partial charge in [0.25, 0.3) is 0 Å². The molecular formula is C22H23N. The van der Waals surface area contributed by atoms with Gasteiger partial charge in [0, 0.05) is 11.3 Å². The van der Waals surface area contributed by atoms with Gasteiger partial charge in [0.05, 0.1) is 0 Å². The molecule has 0 aliphatic heterocycles. The van der Waals surface area contributed by atoms with Gasteiger partial charge in [-0.2, -0.15) is 0 Å². The minimum absolute atomic E-state index is 0.686. The number of hydrogen-bond donors (Lipinski definition) is 1. The van der Waals surface area contributed by atoms with Crippen molar-refractivity contribution < 1.29 is 0 Å². The first-order valence-electron chi connectivity index (χ1n) is 7.93. The highest BCUT2D eigenvalue weighted by Crippen LogP contribution is 2.27. The maximum atomic E-state index is 8.29. The summed E-state index contributed by atoms with van der Waals surface area (Å²) in [7, 11) is 0. The first-order valence-corrected chi connectivity index (χ1v) is 7.93. The summed E-state index contributed by atoms with van der Waals surface area (Å²) in [6.45, 7) is 6.23. The Morgan fingerprint density at radius 1 is 1.13 bits per heavy atom. The Kier molecular flexibility index (Phi) is 5.55. The molecule has 0 aliphatic carbocycles. The second kappa shape index (κ2) is 7.61. The van der Waals surface area contributed by atoms with Crippen molar-refractivity contribution in [3.63, 3.8) is 0 Å². The molecule has 2 aromatic carbocycles. The predicted molar refractivity (Wildman–Crippen MR) is 100 cm³/mol. The minimum atomic E-state index is 0.686. The molecule has 0 bridgehead atoms. The molecule has 0 saturated carbocycles. The average Bonchev–Trinajstić information content (AvgIpc) is 2.59. The second-order valence-corrected chi connectivity index (χ2v) is 5.83. The van der Waals surface area contributed by atoms with Crippen LogP contribution in [0.4, 0.5) is 0 Å². The van der Waals surface area contributed by atoms with Crippen LogP contribution in [-0.2, 0) is 0 Å². The Labute approximate surface area is 139 Å². The van der Waals surface area contributed by atoms with E-state index in [0.717, 1.165) is 40.7 Å². The third kappa shape index (κ3) is 3.99. The fraction of sp³-hybridized carbons (Fsp3) is 0.227. The molecule has 0 spiro atoms. The summed E-state index contributed by atoms with van der Waals surface area (Å²) in [4.78, 5) is 0. The molecule has 0 saturated heterocycles. The first-order chi connectivity index (χ1) is 11.1. The Bertz CT molecular complexity index is 788. The number of allylic oxidation sites excluding steroid dienone is 2. The number of terminal acetylenes is 1. The highest BCUT2D eigenvalue weighted by atomic mass is 14.4. The normalized spacial score (nSPS) is 11.1. The molecule has 0 heterocycles. The highest BCUT2D eigenvalue weighted by molar-refractivity contribution is 5.99. The number of aryl methyl sites for hydroxylation is 1. The van der Waals surface area contributed by atoms with Crippen molar-refractivity contribution in [3.8, 4) is 23.5 Å². The molecule has 116 valence electrons. The monoisotopic (exact) mass is 301 g/mol. The predicted octanol–water partition coefficient (Wildman–Crippen LogP) is 5.76. The molecule has 0 aliphatic rings. The van der Waals surface area contributed by atoms with Crippen LogP contribution in [0.25, 0.3) is 11.1 Å². The van der Waals surface area contributed by atoms with Gasteiger partial charge in [-0.25, -0.2) is 0 Å². The van der Waals surface area contributed by atoms with Crippen LogP contribution in [0.1, 0.15) is 43.4 Å². The maximum absolute atomic E-state index is 8.29. The Morgan fingerprint density at radius 2 is 1.87 bits per heavy atom. The smallest absolute Gasteiger partial charge is 0.0389 e. The van der Waals surface area contributed by atoms with Crippen molar-refractivity contribution in [2.75, 3.05) is 0 Å². The summed E-state index contributed by atoms with van der Waals surface area (Å²) < 4.78 is 0. The van der Waals surface area contributed by atoms with Gasteiger partial charge >= 0.3 is 0 Å². The van der Waals surface area contributed by atoms with Gasteiger partial charge in [-0.15, -0.1) is 6.42 Å². The van der Waals surface area contributed by atoms with E-state index in [2.05, 4.69) is 44.0 Å². The van der Waals surface area contributed by atoms with Gasteiger partial charge in [0.1, 0.15) is 0 Å². The molecule has 2 aromatic rings. The topological polar surface area (TPSA) is 23.9 Å². The molecule has 0 unspecified atom stereocenters. The van der Waals surface area contributed by atoms with Gasteiger partial charge in [-0.1, -0.05) is 47.9 Å². The number of rotatable bonds is 5. The molecule has 1 nitrogen and oxygen atoms in total. The van der Waals surface area contributed by atoms with Crippen molar-refractivity contribution in [2.45, 2.75) is 33.6 Å². The zero-order valence-corrected chi connectivity index (χ0v) is 14.1. The molecule has 0 fully saturated rings. The van der Waals surface area contributed by atoms with E-state index in [1.54, 1.807) is 0 Å². The maximum Gasteiger partial charge on any atom is 0.0389 e. The van der Waals surface area contributed by atoms with E-state index in [0.29, 0.717) is 5.71 Å². The van der Waals surface area contributed by atoms with Crippen LogP contribution in [0.15, 0.2) is 54.1 Å². The Morgan fingerprint density at radius 3 is 2.52 bits per heavy atom. The van der Waals surface area contributed by atoms with Gasteiger partial charge in [-0.05, 0) is 68.0 Å². The molecule has 1 heteroatoms. The van der Waals surface area contributed by atoms with Crippen molar-refractivity contribution in [3.05, 3.63) is 70.8 Å². The summed E-state index contributed by atoms with van der Waals surface area (Å²) in [5.74, 6) is 2.75. The fourth-order valence-electron chi connectivity index (χ4n) is 2.61. The SMILES string of the molecule is C#Cc1ccccc1-c1ccc(C(=N)CC/C(C)=C\C)cc1C. The lowest BCUT2D eigenvalue weighted by molar-refractivity contribution is 0.999. The molecule has 1 N–H and O–H groups in total. The van der Waals surface area contributed by atoms with Crippen LogP contribution in [0.2, 0.25) is 0 Å². The molecular weight excluding hydrogens is 278 g/mol. The van der Waals surface area contributed by atoms with Crippen LogP contribution in [-0.4, -0.2) is 5.71 Å². The Hall–Kier alpha value is -2.59. The molecule has 0 radical (unpaired) electrons. The first kappa shape index (κ1) is 16.8. The second-order valence-electron chi connectivity index (χ2n) is 5.83. The summed E-state index contributed by atoms with van der Waals surface area (Å²) in [5, 5.41) is 8.29. The van der Waals surface area contributed by atoms with Crippen LogP contribution in [0.3, 0.4) is 0 Å². The van der Waals surface area contributed by atoms with Crippen LogP contribution in [0, 0.1) is 24.7 Å². The fourth-order valence-corrected chi connectivity index (χ4v) is 2.61. The third-order valence-electron chi connectivity index (χ3n) is 4.21. The molecule has 0 aromatic heterocycles. The highest BCUT2D eigenvalue weighted by Gasteiger charge is 2.09. The summed E-state index contributed by atoms with van der Waals surface area (Å²) in [6.07, 6.45) is 9.43. The lowest BCUT2D eigenvalue weighted by atomic mass is 9.93. The van der Waals surface area contributed by atoms with E-state index >= 15 is 0 Å². The van der Waals surface area contributed by atoms with Crippen LogP contribution < -0.4 is 0 Å². The van der Waals surface area contributed by atoms with Gasteiger partial charge in [0.2, 0.25) is 0 Å². The quantitative estimate of drug-likeness (QED) is 0.412. The zero-order valence-electron chi connectivity index (χ0n) is 14.1. The number of nitrogens with one attached hydrogen (secondary N) is 1. The van der Waals surface area contributed by atoms with Crippen LogP contribution in [0.5, 0.6) is 0 Å². The summed E-state index contributed by atoms with van der Waals surface area (Å²) >= 11 is 0. The molecule has 0 atom stereocenters. The largest absolute Gasteiger partial charge is 0.305 e. The number of benzene rings is 2. The van der Waals surface area contributed by atoms with E-state index < -0.39 is 0 Å². The standard InChI is InChI=1S/C22H23N/c1-5-16(3)11-14-22(23)19-12-13-20(17(4)15-19)21-10-8-7-9-18(21)6-2/h2,5,7-10,12-13,15,23H,11,14H2,1,3-4H3/b16-5-,23-22?. The van der Waals surface area contributed by atoms with Gasteiger partial charge in [0.15, 0.2) is 0 Å². The van der Waals surface area contributed by atoms with Crippen molar-refractivity contribution in [1.82, 2.24) is 0 Å². The average molecular weight is 301 g/mol. The van der Waals surface area contributed by atoms with Crippen LogP contribution >= 0.6 is 0 Å². The third-order valence-corrected chi connectivity index (χ3v) is 4.21. The van der Waals surface area contributed by atoms with E-state index in [-0.39, 0.29) is 0 Å². The van der Waals surface area contributed by atoms with Gasteiger partial charge in [-0.3, -0.25) is 0 Å². The summed E-state index contributed by atoms with van der Waals surface area (Å²) in [5.41, 5.74) is 7.28. The number of hydrogen-bond acceptors (Lipinski definition) is 1. The van der Waals surface area contributed by atoms with Gasteiger partial charge < -0.3 is 5.41 Å². The van der Waals surface area contributed by atoms with E-state index in [1.165, 1.54) is 5.57 Å². The Balaban J connectivity index is 2.28. The van der Waals surface area contributed by atoms with E-state index in [1.807, 2.05) is 31.2 Å². The minimum Gasteiger partial charge on any atom is -0.305 e. The summed E-state index contributed by atoms with van der Waals surface area (Å²) in [6, 6.07) is 14.2.